The molecule has 1 aromatic carbocycles. The summed E-state index contributed by atoms with van der Waals surface area (Å²) in [5.41, 5.74) is -0.592. The maximum atomic E-state index is 12.7. The number of halogens is 3. The van der Waals surface area contributed by atoms with Crippen LogP contribution in [-0.4, -0.2) is 16.5 Å². The van der Waals surface area contributed by atoms with Crippen molar-refractivity contribution < 1.29 is 18.0 Å². The number of carbonyl (C=O) groups is 1. The molecule has 0 amide bonds. The van der Waals surface area contributed by atoms with E-state index in [9.17, 15) is 18.0 Å². The Hall–Kier alpha value is -2.11. The number of hydrogen-bond acceptors (Lipinski definition) is 2. The first kappa shape index (κ1) is 11.4. The molecule has 6 heteroatoms. The molecular weight excluding hydrogens is 233 g/mol. The quantitative estimate of drug-likeness (QED) is 0.820. The van der Waals surface area contributed by atoms with Gasteiger partial charge in [-0.05, 0) is 12.1 Å². The van der Waals surface area contributed by atoms with Crippen LogP contribution in [0.15, 0.2) is 30.3 Å². The lowest BCUT2D eigenvalue weighted by Gasteiger charge is -2.10. The van der Waals surface area contributed by atoms with E-state index in [-0.39, 0.29) is 17.0 Å². The molecule has 0 spiro atoms. The van der Waals surface area contributed by atoms with E-state index >= 15 is 0 Å². The van der Waals surface area contributed by atoms with Gasteiger partial charge in [0.2, 0.25) is 0 Å². The van der Waals surface area contributed by atoms with Gasteiger partial charge in [0.1, 0.15) is 0 Å². The van der Waals surface area contributed by atoms with Crippen LogP contribution in [-0.2, 0) is 6.18 Å². The van der Waals surface area contributed by atoms with E-state index in [2.05, 4.69) is 10.2 Å². The molecule has 3 nitrogen and oxygen atoms in total. The molecule has 0 atom stereocenters. The lowest BCUT2D eigenvalue weighted by molar-refractivity contribution is -0.137. The summed E-state index contributed by atoms with van der Waals surface area (Å²) < 4.78 is 38.1. The lowest BCUT2D eigenvalue weighted by Crippen LogP contribution is -2.06. The summed E-state index contributed by atoms with van der Waals surface area (Å²) in [6, 6.07) is 6.36. The maximum Gasteiger partial charge on any atom is 0.417 e. The Morgan fingerprint density at radius 3 is 2.53 bits per heavy atom. The van der Waals surface area contributed by atoms with Crippen LogP contribution in [0.25, 0.3) is 11.3 Å². The summed E-state index contributed by atoms with van der Waals surface area (Å²) in [7, 11) is 0. The SMILES string of the molecule is O=Cc1cc(-c2ccccc2C(F)(F)F)n[nH]1. The number of hydrogen-bond donors (Lipinski definition) is 1. The average molecular weight is 240 g/mol. The van der Waals surface area contributed by atoms with Crippen molar-refractivity contribution in [3.63, 3.8) is 0 Å². The van der Waals surface area contributed by atoms with E-state index in [1.807, 2.05) is 0 Å². The minimum atomic E-state index is -4.45. The molecule has 2 aromatic rings. The third-order valence-electron chi connectivity index (χ3n) is 2.23. The summed E-state index contributed by atoms with van der Waals surface area (Å²) in [6.07, 6.45) is -3.95. The van der Waals surface area contributed by atoms with Gasteiger partial charge in [-0.15, -0.1) is 0 Å². The van der Waals surface area contributed by atoms with Crippen LogP contribution in [0, 0.1) is 0 Å². The van der Waals surface area contributed by atoms with Crippen LogP contribution in [0.4, 0.5) is 13.2 Å². The van der Waals surface area contributed by atoms with Gasteiger partial charge >= 0.3 is 6.18 Å². The molecule has 1 N–H and O–H groups in total. The minimum absolute atomic E-state index is 0.0515. The van der Waals surface area contributed by atoms with E-state index in [0.717, 1.165) is 6.07 Å². The number of rotatable bonds is 2. The molecule has 0 radical (unpaired) electrons. The van der Waals surface area contributed by atoms with Crippen molar-refractivity contribution in [2.24, 2.45) is 0 Å². The largest absolute Gasteiger partial charge is 0.417 e. The predicted molar refractivity (Wildman–Crippen MR) is 54.4 cm³/mol. The van der Waals surface area contributed by atoms with Crippen molar-refractivity contribution in [1.29, 1.82) is 0 Å². The standard InChI is InChI=1S/C11H7F3N2O/c12-11(13,14)9-4-2-1-3-8(9)10-5-7(6-17)15-16-10/h1-6H,(H,15,16). The van der Waals surface area contributed by atoms with Gasteiger partial charge in [-0.3, -0.25) is 9.89 Å². The van der Waals surface area contributed by atoms with Crippen molar-refractivity contribution in [2.45, 2.75) is 6.18 Å². The number of aromatic amines is 1. The van der Waals surface area contributed by atoms with Crippen LogP contribution in [0.1, 0.15) is 16.1 Å². The van der Waals surface area contributed by atoms with Crippen LogP contribution in [0.2, 0.25) is 0 Å². The highest BCUT2D eigenvalue weighted by Gasteiger charge is 2.33. The van der Waals surface area contributed by atoms with E-state index < -0.39 is 11.7 Å². The predicted octanol–water partition coefficient (Wildman–Crippen LogP) is 2.91. The number of aldehydes is 1. The highest BCUT2D eigenvalue weighted by molar-refractivity contribution is 5.76. The summed E-state index contributed by atoms with van der Waals surface area (Å²) in [4.78, 5) is 10.4. The third-order valence-corrected chi connectivity index (χ3v) is 2.23. The smallest absolute Gasteiger partial charge is 0.296 e. The Morgan fingerprint density at radius 2 is 1.94 bits per heavy atom. The normalized spacial score (nSPS) is 11.5. The summed E-state index contributed by atoms with van der Waals surface area (Å²) >= 11 is 0. The first-order chi connectivity index (χ1) is 8.02. The van der Waals surface area contributed by atoms with Gasteiger partial charge in [0.15, 0.2) is 6.29 Å². The molecule has 1 aromatic heterocycles. The highest BCUT2D eigenvalue weighted by atomic mass is 19.4. The second-order valence-electron chi connectivity index (χ2n) is 3.37. The molecule has 0 bridgehead atoms. The molecule has 0 aliphatic carbocycles. The summed E-state index contributed by atoms with van der Waals surface area (Å²) in [6.45, 7) is 0. The zero-order valence-corrected chi connectivity index (χ0v) is 8.45. The Kier molecular flexibility index (Phi) is 2.71. The zero-order chi connectivity index (χ0) is 12.5. The number of nitrogens with one attached hydrogen (secondary N) is 1. The van der Waals surface area contributed by atoms with Crippen molar-refractivity contribution >= 4 is 6.29 Å². The lowest BCUT2D eigenvalue weighted by atomic mass is 10.0. The first-order valence-electron chi connectivity index (χ1n) is 4.69. The van der Waals surface area contributed by atoms with Crippen LogP contribution in [0.5, 0.6) is 0 Å². The molecule has 0 unspecified atom stereocenters. The minimum Gasteiger partial charge on any atom is -0.296 e. The molecule has 17 heavy (non-hydrogen) atoms. The molecule has 0 fully saturated rings. The Morgan fingerprint density at radius 1 is 1.24 bits per heavy atom. The van der Waals surface area contributed by atoms with Crippen LogP contribution < -0.4 is 0 Å². The third kappa shape index (κ3) is 2.20. The van der Waals surface area contributed by atoms with Crippen LogP contribution >= 0.6 is 0 Å². The van der Waals surface area contributed by atoms with Gasteiger partial charge in [-0.1, -0.05) is 18.2 Å². The highest BCUT2D eigenvalue weighted by Crippen LogP contribution is 2.36. The second kappa shape index (κ2) is 4.04. The van der Waals surface area contributed by atoms with Gasteiger partial charge < -0.3 is 0 Å². The van der Waals surface area contributed by atoms with Gasteiger partial charge in [-0.2, -0.15) is 18.3 Å². The van der Waals surface area contributed by atoms with E-state index in [4.69, 9.17) is 0 Å². The first-order valence-corrected chi connectivity index (χ1v) is 4.69. The molecular formula is C11H7F3N2O. The monoisotopic (exact) mass is 240 g/mol. The van der Waals surface area contributed by atoms with Crippen molar-refractivity contribution in [1.82, 2.24) is 10.2 Å². The van der Waals surface area contributed by atoms with Crippen molar-refractivity contribution in [2.75, 3.05) is 0 Å². The fourth-order valence-corrected chi connectivity index (χ4v) is 1.49. The molecule has 2 rings (SSSR count). The molecule has 1 heterocycles. The number of alkyl halides is 3. The molecule has 0 aliphatic rings. The fourth-order valence-electron chi connectivity index (χ4n) is 1.49. The Balaban J connectivity index is 2.55. The average Bonchev–Trinajstić information content (AvgIpc) is 2.76. The molecule has 0 saturated carbocycles. The fraction of sp³-hybridized carbons (Fsp3) is 0.0909. The Bertz CT molecular complexity index is 546. The van der Waals surface area contributed by atoms with E-state index in [1.165, 1.54) is 24.3 Å². The van der Waals surface area contributed by atoms with Crippen molar-refractivity contribution in [3.8, 4) is 11.3 Å². The van der Waals surface area contributed by atoms with Gasteiger partial charge in [0, 0.05) is 5.56 Å². The molecule has 88 valence electrons. The van der Waals surface area contributed by atoms with Gasteiger partial charge in [0.25, 0.3) is 0 Å². The Labute approximate surface area is 94.3 Å². The molecule has 0 aliphatic heterocycles. The summed E-state index contributed by atoms with van der Waals surface area (Å²) in [5, 5.41) is 6.02. The maximum absolute atomic E-state index is 12.7. The number of nitrogens with zero attached hydrogens (tertiary/aromatic N) is 1. The molecule has 0 saturated heterocycles. The van der Waals surface area contributed by atoms with Gasteiger partial charge in [-0.25, -0.2) is 0 Å². The van der Waals surface area contributed by atoms with Crippen LogP contribution in [0.3, 0.4) is 0 Å². The topological polar surface area (TPSA) is 45.8 Å². The number of carbonyl (C=O) groups excluding carboxylic acids is 1. The number of aromatic nitrogens is 2. The van der Waals surface area contributed by atoms with Gasteiger partial charge in [0.05, 0.1) is 17.0 Å². The second-order valence-corrected chi connectivity index (χ2v) is 3.37. The van der Waals surface area contributed by atoms with E-state index in [0.29, 0.717) is 6.29 Å². The zero-order valence-electron chi connectivity index (χ0n) is 8.45. The van der Waals surface area contributed by atoms with Crippen molar-refractivity contribution in [3.05, 3.63) is 41.6 Å². The van der Waals surface area contributed by atoms with E-state index in [1.54, 1.807) is 0 Å². The summed E-state index contributed by atoms with van der Waals surface area (Å²) in [5.74, 6) is 0. The number of benzene rings is 1. The number of H-pyrrole nitrogens is 1.